The zero-order valence-corrected chi connectivity index (χ0v) is 42.2. The minimum atomic E-state index is -0.303. The lowest BCUT2D eigenvalue weighted by molar-refractivity contribution is -0.141. The largest absolute Gasteiger partial charge is 0.507 e. The summed E-state index contributed by atoms with van der Waals surface area (Å²) in [5.41, 5.74) is 7.60. The van der Waals surface area contributed by atoms with Crippen molar-refractivity contribution in [2.24, 2.45) is 11.8 Å². The van der Waals surface area contributed by atoms with Gasteiger partial charge in [0, 0.05) is 36.8 Å². The summed E-state index contributed by atoms with van der Waals surface area (Å²) in [6, 6.07) is 7.60. The Morgan fingerprint density at radius 1 is 0.576 bits per heavy atom. The Kier molecular flexibility index (Phi) is 21.0. The Morgan fingerprint density at radius 2 is 0.924 bits per heavy atom. The van der Waals surface area contributed by atoms with E-state index in [1.54, 1.807) is 0 Å². The SMILES string of the molecule is C=C(C)C1CCC(COC(C)=O)=C[C@@H]1c1c(O)cc(C2(CCCCCC)CC2)cc1O.C=C(C)C1CCC(COC(C)=O)=C[C@@H]1c1c(O)cc(C2(CCCCCC)CCCC2)cc1O.CC. The number of allylic oxidation sites excluding steroid dienone is 4. The van der Waals surface area contributed by atoms with E-state index in [4.69, 9.17) is 9.47 Å². The zero-order chi connectivity index (χ0) is 48.6. The van der Waals surface area contributed by atoms with Crippen LogP contribution < -0.4 is 0 Å². The van der Waals surface area contributed by atoms with Gasteiger partial charge in [-0.15, -0.1) is 0 Å². The molecule has 0 bridgehead atoms. The number of rotatable bonds is 20. The van der Waals surface area contributed by atoms with Crippen molar-refractivity contribution in [3.8, 4) is 23.0 Å². The van der Waals surface area contributed by atoms with E-state index in [0.29, 0.717) is 11.1 Å². The molecule has 2 fully saturated rings. The summed E-state index contributed by atoms with van der Waals surface area (Å²) in [5, 5.41) is 44.5. The van der Waals surface area contributed by atoms with Crippen LogP contribution in [0.1, 0.15) is 218 Å². The minimum absolute atomic E-state index is 0.0673. The van der Waals surface area contributed by atoms with Crippen LogP contribution in [0.3, 0.4) is 0 Å². The highest BCUT2D eigenvalue weighted by molar-refractivity contribution is 5.66. The molecule has 2 unspecified atom stereocenters. The van der Waals surface area contributed by atoms with Crippen LogP contribution in [0.4, 0.5) is 0 Å². The monoisotopic (exact) mass is 911 g/mol. The van der Waals surface area contributed by atoms with Crippen molar-refractivity contribution >= 4 is 11.9 Å². The molecule has 2 aromatic rings. The van der Waals surface area contributed by atoms with E-state index in [2.05, 4.69) is 39.2 Å². The van der Waals surface area contributed by atoms with Crippen LogP contribution in [0.2, 0.25) is 0 Å². The summed E-state index contributed by atoms with van der Waals surface area (Å²) < 4.78 is 10.4. The van der Waals surface area contributed by atoms with Crippen molar-refractivity contribution < 1.29 is 39.5 Å². The fraction of sp³-hybridized carbons (Fsp3) is 0.621. The molecule has 2 aromatic carbocycles. The standard InChI is InChI=1S/C29H42O4.C27H38O4.C2H6/c1-5-6-7-8-13-29(14-9-10-15-29)23-17-26(31)28(27(32)18-23)25-16-22(19-33-21(4)30)11-12-24(25)20(2)3;1-5-6-7-8-11-27(12-13-27)21-15-24(29)26(25(30)16-21)23-14-20(17-31-19(4)28)9-10-22(23)18(2)3;1-2/h16-18,24-25,31-32H,2,5-15,19H2,1,3-4H3;14-16,22-23,29-30H,2,5-13,17H2,1,3-4H3;1-2H3/t24?,25-;22?,23-;/m00./s1. The van der Waals surface area contributed by atoms with Crippen molar-refractivity contribution in [1.82, 2.24) is 0 Å². The van der Waals surface area contributed by atoms with Crippen LogP contribution in [-0.4, -0.2) is 45.6 Å². The summed E-state index contributed by atoms with van der Waals surface area (Å²) in [7, 11) is 0. The second kappa shape index (κ2) is 25.6. The predicted octanol–water partition coefficient (Wildman–Crippen LogP) is 15.1. The third-order valence-corrected chi connectivity index (χ3v) is 15.0. The molecule has 0 radical (unpaired) electrons. The van der Waals surface area contributed by atoms with Gasteiger partial charge >= 0.3 is 11.9 Å². The van der Waals surface area contributed by atoms with Gasteiger partial charge in [0.15, 0.2) is 0 Å². The number of carbonyl (C=O) groups excluding carboxylic acids is 2. The molecule has 0 spiro atoms. The van der Waals surface area contributed by atoms with Gasteiger partial charge in [-0.1, -0.05) is 128 Å². The predicted molar refractivity (Wildman–Crippen MR) is 269 cm³/mol. The first-order chi connectivity index (χ1) is 31.5. The van der Waals surface area contributed by atoms with Gasteiger partial charge in [0.25, 0.3) is 0 Å². The summed E-state index contributed by atoms with van der Waals surface area (Å²) in [6.45, 7) is 24.1. The molecule has 0 aromatic heterocycles. The van der Waals surface area contributed by atoms with Crippen LogP contribution in [-0.2, 0) is 29.9 Å². The topological polar surface area (TPSA) is 134 Å². The van der Waals surface area contributed by atoms with Crippen molar-refractivity contribution in [2.75, 3.05) is 13.2 Å². The fourth-order valence-corrected chi connectivity index (χ4v) is 11.1. The second-order valence-electron chi connectivity index (χ2n) is 20.0. The van der Waals surface area contributed by atoms with Gasteiger partial charge in [-0.3, -0.25) is 9.59 Å². The number of esters is 2. The third-order valence-electron chi connectivity index (χ3n) is 15.0. The number of hydrogen-bond acceptors (Lipinski definition) is 8. The quantitative estimate of drug-likeness (QED) is 0.0586. The number of benzene rings is 2. The van der Waals surface area contributed by atoms with E-state index in [1.807, 2.05) is 52.0 Å². The molecule has 0 heterocycles. The van der Waals surface area contributed by atoms with Gasteiger partial charge in [-0.05, 0) is 147 Å². The fourth-order valence-electron chi connectivity index (χ4n) is 11.1. The molecule has 4 atom stereocenters. The lowest BCUT2D eigenvalue weighted by Gasteiger charge is -2.34. The highest BCUT2D eigenvalue weighted by Gasteiger charge is 2.45. The number of phenolic OH excluding ortho intramolecular Hbond substituents is 4. The van der Waals surface area contributed by atoms with Crippen LogP contribution in [0.25, 0.3) is 0 Å². The molecule has 4 aliphatic rings. The van der Waals surface area contributed by atoms with E-state index in [-0.39, 0.29) is 82.7 Å². The highest BCUT2D eigenvalue weighted by atomic mass is 16.5. The molecule has 0 aliphatic heterocycles. The van der Waals surface area contributed by atoms with Crippen LogP contribution in [0.15, 0.2) is 71.9 Å². The van der Waals surface area contributed by atoms with Gasteiger partial charge in [0.2, 0.25) is 0 Å². The van der Waals surface area contributed by atoms with Gasteiger partial charge < -0.3 is 29.9 Å². The maximum atomic E-state index is 11.3. The average Bonchev–Trinajstić information content (AvgIpc) is 3.92. The van der Waals surface area contributed by atoms with Crippen molar-refractivity contribution in [3.63, 3.8) is 0 Å². The molecule has 2 saturated carbocycles. The normalized spacial score (nSPS) is 21.5. The molecule has 0 amide bonds. The third kappa shape index (κ3) is 14.3. The maximum absolute atomic E-state index is 11.3. The molecule has 66 heavy (non-hydrogen) atoms. The molecule has 4 N–H and O–H groups in total. The number of carbonyl (C=O) groups is 2. The van der Waals surface area contributed by atoms with Crippen LogP contribution in [0, 0.1) is 11.8 Å². The van der Waals surface area contributed by atoms with E-state index in [9.17, 15) is 30.0 Å². The van der Waals surface area contributed by atoms with Crippen LogP contribution in [0.5, 0.6) is 23.0 Å². The average molecular weight is 911 g/mol. The molecule has 0 saturated heterocycles. The lowest BCUT2D eigenvalue weighted by Crippen LogP contribution is -2.23. The van der Waals surface area contributed by atoms with E-state index in [0.717, 1.165) is 97.6 Å². The zero-order valence-electron chi connectivity index (χ0n) is 42.2. The van der Waals surface area contributed by atoms with Gasteiger partial charge in [0.05, 0.1) is 0 Å². The number of hydrogen-bond donors (Lipinski definition) is 4. The Morgan fingerprint density at radius 3 is 1.23 bits per heavy atom. The molecular weight excluding hydrogens is 825 g/mol. The van der Waals surface area contributed by atoms with Gasteiger partial charge in [0.1, 0.15) is 36.2 Å². The van der Waals surface area contributed by atoms with Crippen LogP contribution >= 0.6 is 0 Å². The van der Waals surface area contributed by atoms with Gasteiger partial charge in [-0.25, -0.2) is 0 Å². The number of phenols is 4. The number of unbranched alkanes of at least 4 members (excludes halogenated alkanes) is 6. The Bertz CT molecular complexity index is 1960. The summed E-state index contributed by atoms with van der Waals surface area (Å²) in [6.07, 6.45) is 26.5. The summed E-state index contributed by atoms with van der Waals surface area (Å²) in [5.74, 6) is -0.0286. The molecule has 8 nitrogen and oxygen atoms in total. The Labute approximate surface area is 398 Å². The van der Waals surface area contributed by atoms with E-state index < -0.39 is 0 Å². The summed E-state index contributed by atoms with van der Waals surface area (Å²) >= 11 is 0. The first kappa shape index (κ1) is 54.1. The molecular formula is C58H86O8. The first-order valence-corrected chi connectivity index (χ1v) is 25.6. The lowest BCUT2D eigenvalue weighted by atomic mass is 9.71. The molecule has 4 aliphatic carbocycles. The minimum Gasteiger partial charge on any atom is -0.507 e. The van der Waals surface area contributed by atoms with Gasteiger partial charge in [-0.2, -0.15) is 0 Å². The maximum Gasteiger partial charge on any atom is 0.302 e. The van der Waals surface area contributed by atoms with E-state index >= 15 is 0 Å². The van der Waals surface area contributed by atoms with E-state index in [1.165, 1.54) is 78.1 Å². The Hall–Kier alpha value is -4.46. The number of aromatic hydroxyl groups is 4. The summed E-state index contributed by atoms with van der Waals surface area (Å²) in [4.78, 5) is 22.5. The molecule has 8 heteroatoms. The second-order valence-corrected chi connectivity index (χ2v) is 20.0. The molecule has 6 rings (SSSR count). The molecule has 366 valence electrons. The smallest absolute Gasteiger partial charge is 0.302 e. The van der Waals surface area contributed by atoms with Crippen molar-refractivity contribution in [1.29, 1.82) is 0 Å². The van der Waals surface area contributed by atoms with Crippen molar-refractivity contribution in [3.05, 3.63) is 94.1 Å². The Balaban J connectivity index is 0.000000279. The number of ether oxygens (including phenoxy) is 2. The highest BCUT2D eigenvalue weighted by Crippen LogP contribution is 2.56. The van der Waals surface area contributed by atoms with Crippen molar-refractivity contribution in [2.45, 2.75) is 206 Å². The first-order valence-electron chi connectivity index (χ1n) is 25.6.